The summed E-state index contributed by atoms with van der Waals surface area (Å²) in [5.74, 6) is 0.131. The number of hydrogen-bond donors (Lipinski definition) is 1. The first-order valence-electron chi connectivity index (χ1n) is 4.19. The molecule has 0 aliphatic rings. The molecule has 0 saturated heterocycles. The van der Waals surface area contributed by atoms with Crippen LogP contribution in [0.2, 0.25) is 0 Å². The third-order valence-electron chi connectivity index (χ3n) is 1.67. The molecule has 0 aromatic heterocycles. The van der Waals surface area contributed by atoms with Crippen molar-refractivity contribution >= 4 is 5.91 Å². The fourth-order valence-corrected chi connectivity index (χ4v) is 0.542. The quantitative estimate of drug-likeness (QED) is 0.652. The summed E-state index contributed by atoms with van der Waals surface area (Å²) in [5, 5.41) is 2.93. The molecule has 1 atom stereocenters. The van der Waals surface area contributed by atoms with Crippen LogP contribution in [0.1, 0.15) is 41.0 Å². The molecule has 0 unspecified atom stereocenters. The van der Waals surface area contributed by atoms with Crippen LogP contribution in [0.4, 0.5) is 0 Å². The van der Waals surface area contributed by atoms with E-state index in [0.29, 0.717) is 6.04 Å². The molecule has 0 bridgehead atoms. The Balaban J connectivity index is 3.88. The number of carbonyl (C=O) groups is 1. The van der Waals surface area contributed by atoms with Gasteiger partial charge >= 0.3 is 0 Å². The van der Waals surface area contributed by atoms with E-state index in [1.54, 1.807) is 0 Å². The molecule has 0 fully saturated rings. The van der Waals surface area contributed by atoms with Gasteiger partial charge in [0.2, 0.25) is 5.91 Å². The Hall–Kier alpha value is -0.530. The van der Waals surface area contributed by atoms with Gasteiger partial charge in [-0.3, -0.25) is 4.79 Å². The van der Waals surface area contributed by atoms with Crippen LogP contribution >= 0.6 is 0 Å². The molecule has 0 radical (unpaired) electrons. The van der Waals surface area contributed by atoms with Crippen LogP contribution in [0.3, 0.4) is 0 Å². The third-order valence-corrected chi connectivity index (χ3v) is 1.67. The van der Waals surface area contributed by atoms with E-state index in [4.69, 9.17) is 0 Å². The van der Waals surface area contributed by atoms with E-state index in [9.17, 15) is 4.79 Å². The lowest BCUT2D eigenvalue weighted by Crippen LogP contribution is -2.39. The Labute approximate surface area is 69.4 Å². The van der Waals surface area contributed by atoms with E-state index in [2.05, 4.69) is 12.2 Å². The zero-order valence-electron chi connectivity index (χ0n) is 8.19. The summed E-state index contributed by atoms with van der Waals surface area (Å²) in [7, 11) is 0. The van der Waals surface area contributed by atoms with Crippen molar-refractivity contribution < 1.29 is 4.79 Å². The zero-order valence-corrected chi connectivity index (χ0v) is 8.19. The van der Waals surface area contributed by atoms with Gasteiger partial charge in [-0.15, -0.1) is 0 Å². The van der Waals surface area contributed by atoms with Crippen molar-refractivity contribution in [3.63, 3.8) is 0 Å². The molecule has 0 aliphatic heterocycles. The Morgan fingerprint density at radius 3 is 2.18 bits per heavy atom. The van der Waals surface area contributed by atoms with Gasteiger partial charge in [0.05, 0.1) is 0 Å². The first-order chi connectivity index (χ1) is 4.88. The highest BCUT2D eigenvalue weighted by atomic mass is 16.2. The lowest BCUT2D eigenvalue weighted by Gasteiger charge is -2.20. The minimum Gasteiger partial charge on any atom is -0.353 e. The predicted octanol–water partition coefficient (Wildman–Crippen LogP) is 1.95. The largest absolute Gasteiger partial charge is 0.353 e. The maximum absolute atomic E-state index is 11.3. The van der Waals surface area contributed by atoms with Crippen molar-refractivity contribution in [3.8, 4) is 0 Å². The molecule has 11 heavy (non-hydrogen) atoms. The number of carbonyl (C=O) groups excluding carboxylic acids is 1. The minimum atomic E-state index is -0.260. The van der Waals surface area contributed by atoms with Gasteiger partial charge in [0.25, 0.3) is 0 Å². The maximum Gasteiger partial charge on any atom is 0.225 e. The van der Waals surface area contributed by atoms with Gasteiger partial charge in [-0.25, -0.2) is 0 Å². The highest BCUT2D eigenvalue weighted by Gasteiger charge is 2.21. The first-order valence-corrected chi connectivity index (χ1v) is 4.19. The fourth-order valence-electron chi connectivity index (χ4n) is 0.542. The Morgan fingerprint density at radius 2 is 1.91 bits per heavy atom. The van der Waals surface area contributed by atoms with Crippen LogP contribution in [-0.4, -0.2) is 11.9 Å². The predicted molar refractivity (Wildman–Crippen MR) is 47.4 cm³/mol. The van der Waals surface area contributed by atoms with Crippen molar-refractivity contribution in [2.75, 3.05) is 0 Å². The van der Waals surface area contributed by atoms with Crippen molar-refractivity contribution in [2.45, 2.75) is 47.1 Å². The van der Waals surface area contributed by atoms with E-state index < -0.39 is 0 Å². The van der Waals surface area contributed by atoms with Crippen molar-refractivity contribution in [2.24, 2.45) is 5.41 Å². The average molecular weight is 157 g/mol. The van der Waals surface area contributed by atoms with Gasteiger partial charge in [0.1, 0.15) is 0 Å². The zero-order chi connectivity index (χ0) is 9.07. The molecule has 2 nitrogen and oxygen atoms in total. The molecule has 1 N–H and O–H groups in total. The third kappa shape index (κ3) is 4.02. The number of nitrogens with one attached hydrogen (secondary N) is 1. The summed E-state index contributed by atoms with van der Waals surface area (Å²) >= 11 is 0. The summed E-state index contributed by atoms with van der Waals surface area (Å²) in [6.45, 7) is 9.84. The van der Waals surface area contributed by atoms with E-state index in [-0.39, 0.29) is 11.3 Å². The van der Waals surface area contributed by atoms with Crippen molar-refractivity contribution in [3.05, 3.63) is 0 Å². The van der Waals surface area contributed by atoms with Gasteiger partial charge < -0.3 is 5.32 Å². The van der Waals surface area contributed by atoms with Gasteiger partial charge in [0, 0.05) is 11.5 Å². The molecular weight excluding hydrogens is 138 g/mol. The first kappa shape index (κ1) is 10.5. The molecule has 0 rings (SSSR count). The summed E-state index contributed by atoms with van der Waals surface area (Å²) in [6, 6.07) is 0.293. The molecule has 0 heterocycles. The lowest BCUT2D eigenvalue weighted by molar-refractivity contribution is -0.129. The van der Waals surface area contributed by atoms with Crippen molar-refractivity contribution in [1.29, 1.82) is 0 Å². The van der Waals surface area contributed by atoms with Gasteiger partial charge in [-0.2, -0.15) is 0 Å². The Kier molecular flexibility index (Phi) is 3.56. The monoisotopic (exact) mass is 157 g/mol. The topological polar surface area (TPSA) is 29.1 Å². The van der Waals surface area contributed by atoms with Crippen LogP contribution in [0, 0.1) is 5.41 Å². The molecule has 0 aromatic carbocycles. The van der Waals surface area contributed by atoms with Gasteiger partial charge in [-0.05, 0) is 13.3 Å². The Bertz CT molecular complexity index is 135. The van der Waals surface area contributed by atoms with E-state index in [1.807, 2.05) is 27.7 Å². The molecule has 1 amide bonds. The smallest absolute Gasteiger partial charge is 0.225 e. The minimum absolute atomic E-state index is 0.131. The second-order valence-corrected chi connectivity index (χ2v) is 4.03. The van der Waals surface area contributed by atoms with E-state index >= 15 is 0 Å². The van der Waals surface area contributed by atoms with Gasteiger partial charge in [0.15, 0.2) is 0 Å². The molecule has 0 spiro atoms. The number of hydrogen-bond acceptors (Lipinski definition) is 1. The Morgan fingerprint density at radius 1 is 1.45 bits per heavy atom. The van der Waals surface area contributed by atoms with Crippen LogP contribution in [0.25, 0.3) is 0 Å². The SMILES string of the molecule is CC[C@@H](C)NC(=O)C(C)(C)C. The van der Waals surface area contributed by atoms with Crippen LogP contribution in [0.15, 0.2) is 0 Å². The summed E-state index contributed by atoms with van der Waals surface area (Å²) in [4.78, 5) is 11.3. The molecule has 0 aliphatic carbocycles. The average Bonchev–Trinajstić information content (AvgIpc) is 1.85. The van der Waals surface area contributed by atoms with Crippen LogP contribution < -0.4 is 5.32 Å². The highest BCUT2D eigenvalue weighted by molar-refractivity contribution is 5.81. The second kappa shape index (κ2) is 3.74. The summed E-state index contributed by atoms with van der Waals surface area (Å²) < 4.78 is 0. The molecular formula is C9H19NO. The van der Waals surface area contributed by atoms with Crippen LogP contribution in [0.5, 0.6) is 0 Å². The molecule has 0 aromatic rings. The van der Waals surface area contributed by atoms with E-state index in [0.717, 1.165) is 6.42 Å². The normalized spacial score (nSPS) is 14.3. The summed E-state index contributed by atoms with van der Waals surface area (Å²) in [5.41, 5.74) is -0.260. The maximum atomic E-state index is 11.3. The van der Waals surface area contributed by atoms with Crippen molar-refractivity contribution in [1.82, 2.24) is 5.32 Å². The lowest BCUT2D eigenvalue weighted by atomic mass is 9.95. The fraction of sp³-hybridized carbons (Fsp3) is 0.889. The molecule has 66 valence electrons. The molecule has 2 heteroatoms. The summed E-state index contributed by atoms with van der Waals surface area (Å²) in [6.07, 6.45) is 0.988. The number of rotatable bonds is 2. The van der Waals surface area contributed by atoms with Crippen LogP contribution in [-0.2, 0) is 4.79 Å². The van der Waals surface area contributed by atoms with E-state index in [1.165, 1.54) is 0 Å². The second-order valence-electron chi connectivity index (χ2n) is 4.03. The number of amides is 1. The highest BCUT2D eigenvalue weighted by Crippen LogP contribution is 2.12. The van der Waals surface area contributed by atoms with Gasteiger partial charge in [-0.1, -0.05) is 27.7 Å². The standard InChI is InChI=1S/C9H19NO/c1-6-7(2)10-8(11)9(3,4)5/h7H,6H2,1-5H3,(H,10,11)/t7-/m1/s1. The molecule has 0 saturated carbocycles.